The Morgan fingerprint density at radius 3 is 1.16 bits per heavy atom. The number of rotatable bonds is 9. The maximum Gasteiger partial charge on any atom is 0.136 e. The predicted molar refractivity (Wildman–Crippen MR) is 398 cm³/mol. The first kappa shape index (κ1) is 53.0. The Hall–Kier alpha value is -12.7. The van der Waals surface area contributed by atoms with Crippen LogP contribution in [0.5, 0.6) is 0 Å². The van der Waals surface area contributed by atoms with Gasteiger partial charge >= 0.3 is 0 Å². The van der Waals surface area contributed by atoms with E-state index in [1.54, 1.807) is 0 Å². The molecule has 5 nitrogen and oxygen atoms in total. The summed E-state index contributed by atoms with van der Waals surface area (Å²) in [6.45, 7) is 0. The molecule has 0 aliphatic heterocycles. The van der Waals surface area contributed by atoms with Crippen LogP contribution in [0.25, 0.3) is 188 Å². The average Bonchev–Trinajstić information content (AvgIpc) is 1.56. The van der Waals surface area contributed by atoms with Crippen LogP contribution in [-0.2, 0) is 0 Å². The molecule has 15 aromatic carbocycles. The van der Waals surface area contributed by atoms with E-state index in [0.29, 0.717) is 0 Å². The van der Waals surface area contributed by atoms with Crippen molar-refractivity contribution in [2.45, 2.75) is 0 Å². The molecule has 5 aromatic heterocycles. The number of para-hydroxylation sites is 5. The van der Waals surface area contributed by atoms with Crippen molar-refractivity contribution >= 4 is 109 Å². The smallest absolute Gasteiger partial charge is 0.136 e. The summed E-state index contributed by atoms with van der Waals surface area (Å²) < 4.78 is 16.4. The fourth-order valence-corrected chi connectivity index (χ4v) is 15.8. The maximum atomic E-state index is 6.41. The molecule has 0 aliphatic rings. The van der Waals surface area contributed by atoms with Crippen molar-refractivity contribution in [3.8, 4) is 78.4 Å². The number of hydrogen-bond acceptors (Lipinski definition) is 1. The molecular weight excluding hydrogens is 1150 g/mol. The average molecular weight is 1210 g/mol. The van der Waals surface area contributed by atoms with Gasteiger partial charge in [0.15, 0.2) is 0 Å². The molecule has 20 aromatic rings. The number of fused-ring (bicyclic) bond motifs is 17. The first-order valence-electron chi connectivity index (χ1n) is 32.6. The molecule has 20 rings (SSSR count). The van der Waals surface area contributed by atoms with Crippen LogP contribution in [-0.4, -0.2) is 18.3 Å². The highest BCUT2D eigenvalue weighted by atomic mass is 16.3. The van der Waals surface area contributed by atoms with Crippen molar-refractivity contribution in [2.75, 3.05) is 0 Å². The molecular formula is C90H56N4O. The second kappa shape index (κ2) is 20.9. The van der Waals surface area contributed by atoms with Crippen molar-refractivity contribution in [2.24, 2.45) is 0 Å². The van der Waals surface area contributed by atoms with Gasteiger partial charge in [-0.1, -0.05) is 237 Å². The zero-order chi connectivity index (χ0) is 62.2. The van der Waals surface area contributed by atoms with E-state index < -0.39 is 0 Å². The molecule has 0 radical (unpaired) electrons. The minimum Gasteiger partial charge on any atom is -0.456 e. The van der Waals surface area contributed by atoms with Crippen LogP contribution in [0.2, 0.25) is 0 Å². The standard InChI is InChI=1S/C90H56N4O/c1-3-20-57(21-4-1)59-40-42-60(43-41-59)61-44-46-66(47-45-61)91-80-36-14-9-30-75(80)87-82(91)50-48-74-72-29-8-13-35-79(72)94(90(74)87)69-55-64(58-22-5-2-6-23-58)52-65(56-69)62-24-17-26-67(53-62)92-81-37-15-10-31-76(81)88-83(92)51-49-73-71-28-7-12-34-78(71)93(89(73)88)68-27-18-25-63(54-68)70-33-19-39-85-86(70)77-32-11-16-38-84(77)95-85/h1-56H. The SMILES string of the molecule is c1ccc(-c2ccc(-c3ccc(-n4c5ccccc5c5c4ccc4c6ccccc6n(-c6cc(-c7ccccc7)cc(-c7cccc(-n8c9ccccc9c9c8ccc8c%10ccccc%10n(-c%10cccc(-c%11cccc%12oc%13ccccc%13c%11%12)c%10)c89)c7)c6)c45)cc3)cc2)cc1. The molecule has 0 bridgehead atoms. The van der Waals surface area contributed by atoms with E-state index in [9.17, 15) is 0 Å². The van der Waals surface area contributed by atoms with E-state index >= 15 is 0 Å². The van der Waals surface area contributed by atoms with Gasteiger partial charge in [-0.25, -0.2) is 0 Å². The van der Waals surface area contributed by atoms with Crippen molar-refractivity contribution in [1.29, 1.82) is 0 Å². The normalized spacial score (nSPS) is 12.0. The summed E-state index contributed by atoms with van der Waals surface area (Å²) in [7, 11) is 0. The fraction of sp³-hybridized carbons (Fsp3) is 0. The van der Waals surface area contributed by atoms with Gasteiger partial charge in [0.1, 0.15) is 11.2 Å². The lowest BCUT2D eigenvalue weighted by atomic mass is 9.97. The summed E-state index contributed by atoms with van der Waals surface area (Å²) >= 11 is 0. The summed E-state index contributed by atoms with van der Waals surface area (Å²) in [6, 6.07) is 125. The molecule has 0 fully saturated rings. The van der Waals surface area contributed by atoms with Gasteiger partial charge in [-0.15, -0.1) is 0 Å². The van der Waals surface area contributed by atoms with Gasteiger partial charge in [0, 0.05) is 76.6 Å². The number of aromatic nitrogens is 4. The Balaban J connectivity index is 0.757. The monoisotopic (exact) mass is 1210 g/mol. The molecule has 0 N–H and O–H groups in total. The molecule has 0 saturated heterocycles. The first-order valence-corrected chi connectivity index (χ1v) is 32.6. The Bertz CT molecular complexity index is 6490. The molecule has 0 spiro atoms. The highest BCUT2D eigenvalue weighted by molar-refractivity contribution is 6.28. The summed E-state index contributed by atoms with van der Waals surface area (Å²) in [6.07, 6.45) is 0. The van der Waals surface area contributed by atoms with Crippen LogP contribution in [0.3, 0.4) is 0 Å². The topological polar surface area (TPSA) is 32.9 Å². The third-order valence-electron chi connectivity index (χ3n) is 19.9. The van der Waals surface area contributed by atoms with E-state index in [1.807, 2.05) is 6.07 Å². The first-order chi connectivity index (χ1) is 47.1. The van der Waals surface area contributed by atoms with Gasteiger partial charge in [-0.05, 0) is 159 Å². The number of benzene rings is 15. The Kier molecular flexibility index (Phi) is 11.7. The van der Waals surface area contributed by atoms with Gasteiger partial charge < -0.3 is 22.7 Å². The van der Waals surface area contributed by atoms with E-state index in [-0.39, 0.29) is 0 Å². The Labute approximate surface area is 546 Å². The zero-order valence-electron chi connectivity index (χ0n) is 51.5. The van der Waals surface area contributed by atoms with Gasteiger partial charge in [-0.2, -0.15) is 0 Å². The third kappa shape index (κ3) is 8.16. The van der Waals surface area contributed by atoms with Crippen LogP contribution in [0.15, 0.2) is 344 Å². The van der Waals surface area contributed by atoms with Crippen LogP contribution >= 0.6 is 0 Å². The summed E-state index contributed by atoms with van der Waals surface area (Å²) in [5, 5.41) is 11.9. The second-order valence-corrected chi connectivity index (χ2v) is 25.1. The van der Waals surface area contributed by atoms with E-state index in [2.05, 4.69) is 352 Å². The highest BCUT2D eigenvalue weighted by Gasteiger charge is 2.25. The van der Waals surface area contributed by atoms with Crippen molar-refractivity contribution in [1.82, 2.24) is 18.3 Å². The number of hydrogen-bond donors (Lipinski definition) is 0. The van der Waals surface area contributed by atoms with Crippen LogP contribution < -0.4 is 0 Å². The molecule has 0 saturated carbocycles. The highest BCUT2D eigenvalue weighted by Crippen LogP contribution is 2.47. The van der Waals surface area contributed by atoms with Gasteiger partial charge in [-0.3, -0.25) is 0 Å². The van der Waals surface area contributed by atoms with Crippen LogP contribution in [0, 0.1) is 0 Å². The summed E-state index contributed by atoms with van der Waals surface area (Å²) in [5.74, 6) is 0. The van der Waals surface area contributed by atoms with Gasteiger partial charge in [0.05, 0.1) is 44.1 Å². The molecule has 5 heterocycles. The number of nitrogens with zero attached hydrogens (tertiary/aromatic N) is 4. The third-order valence-corrected chi connectivity index (χ3v) is 19.9. The lowest BCUT2D eigenvalue weighted by molar-refractivity contribution is 0.669. The molecule has 0 amide bonds. The minimum atomic E-state index is 0.888. The van der Waals surface area contributed by atoms with E-state index in [1.165, 1.54) is 76.4 Å². The molecule has 0 aliphatic carbocycles. The minimum absolute atomic E-state index is 0.888. The molecule has 0 atom stereocenters. The second-order valence-electron chi connectivity index (χ2n) is 25.1. The van der Waals surface area contributed by atoms with Crippen molar-refractivity contribution in [3.63, 3.8) is 0 Å². The molecule has 0 unspecified atom stereocenters. The van der Waals surface area contributed by atoms with Crippen LogP contribution in [0.1, 0.15) is 0 Å². The quantitative estimate of drug-likeness (QED) is 0.142. The van der Waals surface area contributed by atoms with Crippen molar-refractivity contribution < 1.29 is 4.42 Å². The predicted octanol–water partition coefficient (Wildman–Crippen LogP) is 24.3. The fourth-order valence-electron chi connectivity index (χ4n) is 15.8. The summed E-state index contributed by atoms with van der Waals surface area (Å²) in [5.41, 5.74) is 27.1. The lowest BCUT2D eigenvalue weighted by Crippen LogP contribution is -1.98. The van der Waals surface area contributed by atoms with Gasteiger partial charge in [0.25, 0.3) is 0 Å². The van der Waals surface area contributed by atoms with Gasteiger partial charge in [0.2, 0.25) is 0 Å². The van der Waals surface area contributed by atoms with Crippen molar-refractivity contribution in [3.05, 3.63) is 340 Å². The zero-order valence-corrected chi connectivity index (χ0v) is 51.5. The molecule has 442 valence electrons. The summed E-state index contributed by atoms with van der Waals surface area (Å²) in [4.78, 5) is 0. The lowest BCUT2D eigenvalue weighted by Gasteiger charge is -2.16. The molecule has 95 heavy (non-hydrogen) atoms. The Morgan fingerprint density at radius 2 is 0.568 bits per heavy atom. The maximum absolute atomic E-state index is 6.41. The Morgan fingerprint density at radius 1 is 0.179 bits per heavy atom. The largest absolute Gasteiger partial charge is 0.456 e. The van der Waals surface area contributed by atoms with E-state index in [4.69, 9.17) is 4.42 Å². The molecule has 5 heteroatoms. The van der Waals surface area contributed by atoms with E-state index in [0.717, 1.165) is 111 Å². The number of furan rings is 1. The van der Waals surface area contributed by atoms with Crippen LogP contribution in [0.4, 0.5) is 0 Å².